The first kappa shape index (κ1) is 28.7. The van der Waals surface area contributed by atoms with Crippen molar-refractivity contribution in [2.24, 2.45) is 0 Å². The molecular formula is C29H34N6O6. The van der Waals surface area contributed by atoms with Crippen LogP contribution in [0, 0.1) is 11.3 Å². The smallest absolute Gasteiger partial charge is 0.262 e. The van der Waals surface area contributed by atoms with Crippen molar-refractivity contribution < 1.29 is 29.6 Å². The minimum atomic E-state index is -1.45. The standard InChI is InChI=1S/C29H34N6O6/c1-40-29-27(38)26(37)25(36)24(41-29)17-35-16-22(32-33-35)15-31-28(39)21(14-30)12-18-5-6-20-13-23(8-7-19(20)11-18)34-9-3-2-4-10-34/h5-8,11-13,16,24-27,29,36-38H,2-4,9-10,15,17H2,1H3,(H,31,39)/b21-12+/t24-,25+,26+,27-,29+/m1/s1. The number of nitrogens with one attached hydrogen (secondary N) is 1. The molecule has 3 heterocycles. The van der Waals surface area contributed by atoms with E-state index in [0.717, 1.165) is 29.4 Å². The van der Waals surface area contributed by atoms with Gasteiger partial charge in [0.05, 0.1) is 19.3 Å². The first-order chi connectivity index (χ1) is 19.9. The van der Waals surface area contributed by atoms with E-state index in [2.05, 4.69) is 38.7 Å². The average Bonchev–Trinajstić information content (AvgIpc) is 3.46. The zero-order valence-corrected chi connectivity index (χ0v) is 22.8. The lowest BCUT2D eigenvalue weighted by atomic mass is 9.99. The fourth-order valence-corrected chi connectivity index (χ4v) is 5.23. The van der Waals surface area contributed by atoms with E-state index in [0.29, 0.717) is 5.69 Å². The summed E-state index contributed by atoms with van der Waals surface area (Å²) in [5.41, 5.74) is 2.33. The molecule has 2 fully saturated rings. The maximum absolute atomic E-state index is 12.8. The quantitative estimate of drug-likeness (QED) is 0.231. The number of nitrogens with zero attached hydrogens (tertiary/aromatic N) is 5. The molecule has 0 unspecified atom stereocenters. The number of aromatic nitrogens is 3. The number of anilines is 1. The summed E-state index contributed by atoms with van der Waals surface area (Å²) in [6.45, 7) is 2.19. The molecule has 2 aliphatic rings. The second-order valence-corrected chi connectivity index (χ2v) is 10.4. The number of nitriles is 1. The largest absolute Gasteiger partial charge is 0.388 e. The summed E-state index contributed by atoms with van der Waals surface area (Å²) in [6.07, 6.45) is 0.604. The zero-order chi connectivity index (χ0) is 28.9. The Morgan fingerprint density at radius 1 is 1.12 bits per heavy atom. The monoisotopic (exact) mass is 562 g/mol. The molecule has 4 N–H and O–H groups in total. The van der Waals surface area contributed by atoms with Crippen molar-refractivity contribution in [2.45, 2.75) is 63.1 Å². The van der Waals surface area contributed by atoms with E-state index in [9.17, 15) is 25.4 Å². The molecule has 41 heavy (non-hydrogen) atoms. The van der Waals surface area contributed by atoms with E-state index in [1.165, 1.54) is 36.7 Å². The van der Waals surface area contributed by atoms with Crippen LogP contribution in [0.25, 0.3) is 16.8 Å². The maximum Gasteiger partial charge on any atom is 0.262 e. The molecule has 2 saturated heterocycles. The van der Waals surface area contributed by atoms with Crippen LogP contribution < -0.4 is 10.2 Å². The summed E-state index contributed by atoms with van der Waals surface area (Å²) < 4.78 is 11.9. The Hall–Kier alpha value is -3.86. The van der Waals surface area contributed by atoms with Gasteiger partial charge < -0.3 is 35.0 Å². The number of fused-ring (bicyclic) bond motifs is 1. The van der Waals surface area contributed by atoms with Crippen molar-refractivity contribution >= 4 is 28.4 Å². The van der Waals surface area contributed by atoms with Gasteiger partial charge in [0.1, 0.15) is 41.8 Å². The van der Waals surface area contributed by atoms with Crippen LogP contribution in [0.1, 0.15) is 30.5 Å². The number of benzene rings is 2. The summed E-state index contributed by atoms with van der Waals surface area (Å²) >= 11 is 0. The number of aliphatic hydroxyl groups is 3. The second-order valence-electron chi connectivity index (χ2n) is 10.4. The minimum Gasteiger partial charge on any atom is -0.388 e. The van der Waals surface area contributed by atoms with E-state index in [1.807, 2.05) is 24.3 Å². The number of piperidine rings is 1. The number of hydrogen-bond acceptors (Lipinski definition) is 10. The zero-order valence-electron chi connectivity index (χ0n) is 22.8. The van der Waals surface area contributed by atoms with Gasteiger partial charge in [-0.2, -0.15) is 5.26 Å². The van der Waals surface area contributed by atoms with E-state index in [1.54, 1.807) is 12.3 Å². The van der Waals surface area contributed by atoms with Crippen molar-refractivity contribution in [1.82, 2.24) is 20.3 Å². The lowest BCUT2D eigenvalue weighted by Gasteiger charge is -2.39. The molecule has 0 saturated carbocycles. The first-order valence-corrected chi connectivity index (χ1v) is 13.7. The summed E-state index contributed by atoms with van der Waals surface area (Å²) in [4.78, 5) is 15.2. The van der Waals surface area contributed by atoms with Crippen molar-refractivity contribution in [1.29, 1.82) is 5.26 Å². The second kappa shape index (κ2) is 12.8. The van der Waals surface area contributed by atoms with E-state index in [-0.39, 0.29) is 18.7 Å². The summed E-state index contributed by atoms with van der Waals surface area (Å²) in [5.74, 6) is -0.548. The number of aliphatic hydroxyl groups excluding tert-OH is 3. The SMILES string of the molecule is CO[C@H]1O[C@H](Cn2cc(CNC(=O)/C(C#N)=C/c3ccc4cc(N5CCCCC5)ccc4c3)nn2)[C@H](O)[C@H](O)[C@H]1O. The van der Waals surface area contributed by atoms with Crippen LogP contribution in [0.4, 0.5) is 5.69 Å². The third-order valence-corrected chi connectivity index (χ3v) is 7.53. The highest BCUT2D eigenvalue weighted by molar-refractivity contribution is 6.02. The van der Waals surface area contributed by atoms with Crippen LogP contribution in [0.15, 0.2) is 48.2 Å². The van der Waals surface area contributed by atoms with Gasteiger partial charge >= 0.3 is 0 Å². The number of rotatable bonds is 8. The number of methoxy groups -OCH3 is 1. The predicted molar refractivity (Wildman–Crippen MR) is 149 cm³/mol. The molecule has 2 aromatic carbocycles. The van der Waals surface area contributed by atoms with Gasteiger partial charge in [-0.25, -0.2) is 4.68 Å². The predicted octanol–water partition coefficient (Wildman–Crippen LogP) is 1.10. The Balaban J connectivity index is 1.19. The fourth-order valence-electron chi connectivity index (χ4n) is 5.23. The molecule has 2 aliphatic heterocycles. The van der Waals surface area contributed by atoms with Crippen molar-refractivity contribution in [3.8, 4) is 6.07 Å². The third-order valence-electron chi connectivity index (χ3n) is 7.53. The molecule has 5 atom stereocenters. The molecule has 5 rings (SSSR count). The summed E-state index contributed by atoms with van der Waals surface area (Å²) in [5, 5.41) is 52.6. The van der Waals surface area contributed by atoms with Crippen LogP contribution in [0.3, 0.4) is 0 Å². The molecule has 1 aromatic heterocycles. The van der Waals surface area contributed by atoms with Gasteiger partial charge in [0.2, 0.25) is 0 Å². The Kier molecular flexibility index (Phi) is 8.92. The van der Waals surface area contributed by atoms with E-state index < -0.39 is 36.6 Å². The molecule has 216 valence electrons. The molecular weight excluding hydrogens is 528 g/mol. The van der Waals surface area contributed by atoms with E-state index >= 15 is 0 Å². The van der Waals surface area contributed by atoms with Gasteiger partial charge in [-0.15, -0.1) is 5.10 Å². The van der Waals surface area contributed by atoms with Crippen molar-refractivity contribution in [3.05, 3.63) is 59.4 Å². The molecule has 12 heteroatoms. The highest BCUT2D eigenvalue weighted by atomic mass is 16.7. The molecule has 1 amide bonds. The Morgan fingerprint density at radius 3 is 2.63 bits per heavy atom. The number of hydrogen-bond donors (Lipinski definition) is 4. The van der Waals surface area contributed by atoms with Gasteiger partial charge in [0.15, 0.2) is 6.29 Å². The molecule has 0 radical (unpaired) electrons. The van der Waals surface area contributed by atoms with Crippen LogP contribution in [-0.2, 0) is 27.4 Å². The first-order valence-electron chi connectivity index (χ1n) is 13.7. The highest BCUT2D eigenvalue weighted by Crippen LogP contribution is 2.26. The van der Waals surface area contributed by atoms with Gasteiger partial charge in [-0.05, 0) is 59.9 Å². The Bertz CT molecular complexity index is 1440. The number of amides is 1. The molecule has 0 bridgehead atoms. The number of carbonyl (C=O) groups excluding carboxylic acids is 1. The fraction of sp³-hybridized carbons (Fsp3) is 0.448. The van der Waals surface area contributed by atoms with Gasteiger partial charge in [0, 0.05) is 25.9 Å². The number of ether oxygens (including phenoxy) is 2. The molecule has 12 nitrogen and oxygen atoms in total. The van der Waals surface area contributed by atoms with E-state index in [4.69, 9.17) is 9.47 Å². The Morgan fingerprint density at radius 2 is 1.88 bits per heavy atom. The lowest BCUT2D eigenvalue weighted by Crippen LogP contribution is -2.58. The van der Waals surface area contributed by atoms with Crippen LogP contribution in [0.5, 0.6) is 0 Å². The summed E-state index contributed by atoms with van der Waals surface area (Å²) in [7, 11) is 1.32. The van der Waals surface area contributed by atoms with Crippen LogP contribution in [0.2, 0.25) is 0 Å². The van der Waals surface area contributed by atoms with Crippen LogP contribution in [-0.4, -0.2) is 87.1 Å². The molecule has 0 spiro atoms. The average molecular weight is 563 g/mol. The van der Waals surface area contributed by atoms with Crippen LogP contribution >= 0.6 is 0 Å². The summed E-state index contributed by atoms with van der Waals surface area (Å²) in [6, 6.07) is 14.2. The van der Waals surface area contributed by atoms with Crippen molar-refractivity contribution in [3.63, 3.8) is 0 Å². The molecule has 0 aliphatic carbocycles. The van der Waals surface area contributed by atoms with Crippen molar-refractivity contribution in [2.75, 3.05) is 25.1 Å². The minimum absolute atomic E-state index is 0.0188. The molecule has 3 aromatic rings. The van der Waals surface area contributed by atoms with Gasteiger partial charge in [-0.3, -0.25) is 4.79 Å². The Labute approximate surface area is 237 Å². The number of carbonyl (C=O) groups is 1. The lowest BCUT2D eigenvalue weighted by molar-refractivity contribution is -0.292. The normalized spacial score (nSPS) is 25.2. The highest BCUT2D eigenvalue weighted by Gasteiger charge is 2.44. The van der Waals surface area contributed by atoms with Gasteiger partial charge in [-0.1, -0.05) is 23.4 Å². The maximum atomic E-state index is 12.8. The third kappa shape index (κ3) is 6.56. The topological polar surface area (TPSA) is 166 Å². The van der Waals surface area contributed by atoms with Gasteiger partial charge in [0.25, 0.3) is 5.91 Å².